The SMILES string of the molecule is Cc1cc(C)n(-c2cccc(NC(=O)c3ccc(OCC(=O)N4C(C)CCCC4C)cc3)c2)n1. The largest absolute Gasteiger partial charge is 0.484 e. The second-order valence-corrected chi connectivity index (χ2v) is 9.09. The highest BCUT2D eigenvalue weighted by molar-refractivity contribution is 6.04. The molecule has 1 aromatic heterocycles. The third kappa shape index (κ3) is 5.30. The first-order valence-corrected chi connectivity index (χ1v) is 11.8. The fraction of sp³-hybridized carbons (Fsp3) is 0.370. The molecule has 0 bridgehead atoms. The molecule has 1 aliphatic rings. The average Bonchev–Trinajstić information content (AvgIpc) is 3.16. The van der Waals surface area contributed by atoms with E-state index in [0.29, 0.717) is 17.0 Å². The number of rotatable bonds is 6. The van der Waals surface area contributed by atoms with Gasteiger partial charge in [-0.25, -0.2) is 4.68 Å². The topological polar surface area (TPSA) is 76.5 Å². The lowest BCUT2D eigenvalue weighted by atomic mass is 9.97. The number of hydrogen-bond acceptors (Lipinski definition) is 4. The van der Waals surface area contributed by atoms with Gasteiger partial charge in [-0.1, -0.05) is 6.07 Å². The number of nitrogens with one attached hydrogen (secondary N) is 1. The van der Waals surface area contributed by atoms with E-state index in [4.69, 9.17) is 4.74 Å². The molecule has 0 radical (unpaired) electrons. The summed E-state index contributed by atoms with van der Waals surface area (Å²) in [5.74, 6) is 0.349. The Hall–Kier alpha value is -3.61. The van der Waals surface area contributed by atoms with Gasteiger partial charge in [0.15, 0.2) is 6.61 Å². The third-order valence-corrected chi connectivity index (χ3v) is 6.32. The van der Waals surface area contributed by atoms with Crippen molar-refractivity contribution in [3.8, 4) is 11.4 Å². The van der Waals surface area contributed by atoms with Crippen molar-refractivity contribution in [3.63, 3.8) is 0 Å². The maximum Gasteiger partial charge on any atom is 0.260 e. The lowest BCUT2D eigenvalue weighted by Crippen LogP contribution is -2.49. The number of aromatic nitrogens is 2. The van der Waals surface area contributed by atoms with Crippen LogP contribution in [-0.2, 0) is 4.79 Å². The van der Waals surface area contributed by atoms with Crippen molar-refractivity contribution in [2.45, 2.75) is 59.0 Å². The van der Waals surface area contributed by atoms with E-state index in [1.807, 2.05) is 53.8 Å². The van der Waals surface area contributed by atoms with Gasteiger partial charge in [-0.15, -0.1) is 0 Å². The molecule has 3 aromatic rings. The number of hydrogen-bond donors (Lipinski definition) is 1. The molecule has 4 rings (SSSR count). The zero-order chi connectivity index (χ0) is 24.2. The predicted molar refractivity (Wildman–Crippen MR) is 133 cm³/mol. The number of amides is 2. The molecular formula is C27H32N4O3. The molecule has 1 fully saturated rings. The van der Waals surface area contributed by atoms with Crippen molar-refractivity contribution in [2.75, 3.05) is 11.9 Å². The Labute approximate surface area is 200 Å². The van der Waals surface area contributed by atoms with Crippen molar-refractivity contribution >= 4 is 17.5 Å². The van der Waals surface area contributed by atoms with Gasteiger partial charge in [0.1, 0.15) is 5.75 Å². The van der Waals surface area contributed by atoms with Gasteiger partial charge < -0.3 is 15.0 Å². The van der Waals surface area contributed by atoms with Crippen LogP contribution < -0.4 is 10.1 Å². The minimum atomic E-state index is -0.218. The van der Waals surface area contributed by atoms with Crippen LogP contribution in [0.4, 0.5) is 5.69 Å². The number of anilines is 1. The van der Waals surface area contributed by atoms with Crippen LogP contribution in [0.3, 0.4) is 0 Å². The molecule has 178 valence electrons. The second kappa shape index (κ2) is 10.1. The predicted octanol–water partition coefficient (Wildman–Crippen LogP) is 4.91. The summed E-state index contributed by atoms with van der Waals surface area (Å²) in [6, 6.07) is 16.9. The number of likely N-dealkylation sites (tertiary alicyclic amines) is 1. The molecule has 0 saturated carbocycles. The van der Waals surface area contributed by atoms with Gasteiger partial charge in [0.2, 0.25) is 0 Å². The monoisotopic (exact) mass is 460 g/mol. The summed E-state index contributed by atoms with van der Waals surface area (Å²) >= 11 is 0. The van der Waals surface area contributed by atoms with Crippen molar-refractivity contribution in [2.24, 2.45) is 0 Å². The number of nitrogens with zero attached hydrogens (tertiary/aromatic N) is 3. The normalized spacial score (nSPS) is 17.9. The lowest BCUT2D eigenvalue weighted by molar-refractivity contribution is -0.139. The van der Waals surface area contributed by atoms with Gasteiger partial charge in [0.25, 0.3) is 11.8 Å². The Morgan fingerprint density at radius 3 is 2.38 bits per heavy atom. The van der Waals surface area contributed by atoms with Gasteiger partial charge in [-0.3, -0.25) is 9.59 Å². The van der Waals surface area contributed by atoms with Crippen molar-refractivity contribution in [1.29, 1.82) is 0 Å². The third-order valence-electron chi connectivity index (χ3n) is 6.32. The number of piperidine rings is 1. The minimum Gasteiger partial charge on any atom is -0.484 e. The van der Waals surface area contributed by atoms with E-state index < -0.39 is 0 Å². The Morgan fingerprint density at radius 1 is 1.03 bits per heavy atom. The second-order valence-electron chi connectivity index (χ2n) is 9.09. The molecule has 34 heavy (non-hydrogen) atoms. The lowest BCUT2D eigenvalue weighted by Gasteiger charge is -2.38. The van der Waals surface area contributed by atoms with Crippen molar-refractivity contribution in [1.82, 2.24) is 14.7 Å². The molecule has 2 unspecified atom stereocenters. The molecular weight excluding hydrogens is 428 g/mol. The van der Waals surface area contributed by atoms with Crippen molar-refractivity contribution in [3.05, 3.63) is 71.5 Å². The number of ether oxygens (including phenoxy) is 1. The molecule has 7 nitrogen and oxygen atoms in total. The van der Waals surface area contributed by atoms with Crippen LogP contribution in [0.25, 0.3) is 5.69 Å². The summed E-state index contributed by atoms with van der Waals surface area (Å²) in [5.41, 5.74) is 4.04. The van der Waals surface area contributed by atoms with Crippen LogP contribution in [0.15, 0.2) is 54.6 Å². The van der Waals surface area contributed by atoms with Crippen molar-refractivity contribution < 1.29 is 14.3 Å². The molecule has 1 saturated heterocycles. The molecule has 2 amide bonds. The van der Waals surface area contributed by atoms with Gasteiger partial charge >= 0.3 is 0 Å². The summed E-state index contributed by atoms with van der Waals surface area (Å²) in [6.07, 6.45) is 3.22. The number of aryl methyl sites for hydroxylation is 2. The first kappa shape index (κ1) is 23.5. The molecule has 2 heterocycles. The Morgan fingerprint density at radius 2 is 1.74 bits per heavy atom. The van der Waals surface area contributed by atoms with Crippen LogP contribution in [0.1, 0.15) is 54.9 Å². The molecule has 2 atom stereocenters. The van der Waals surface area contributed by atoms with Crippen LogP contribution >= 0.6 is 0 Å². The highest BCUT2D eigenvalue weighted by Crippen LogP contribution is 2.23. The zero-order valence-electron chi connectivity index (χ0n) is 20.2. The van der Waals surface area contributed by atoms with E-state index in [9.17, 15) is 9.59 Å². The number of carbonyl (C=O) groups is 2. The van der Waals surface area contributed by atoms with Gasteiger partial charge in [0.05, 0.1) is 11.4 Å². The smallest absolute Gasteiger partial charge is 0.260 e. The highest BCUT2D eigenvalue weighted by atomic mass is 16.5. The van der Waals surface area contributed by atoms with E-state index in [1.165, 1.54) is 0 Å². The van der Waals surface area contributed by atoms with Gasteiger partial charge in [-0.2, -0.15) is 5.10 Å². The van der Waals surface area contributed by atoms with E-state index in [0.717, 1.165) is 36.3 Å². The average molecular weight is 461 g/mol. The zero-order valence-corrected chi connectivity index (χ0v) is 20.2. The molecule has 2 aromatic carbocycles. The summed E-state index contributed by atoms with van der Waals surface area (Å²) in [7, 11) is 0. The fourth-order valence-corrected chi connectivity index (χ4v) is 4.64. The summed E-state index contributed by atoms with van der Waals surface area (Å²) in [6.45, 7) is 8.13. The molecule has 1 N–H and O–H groups in total. The molecule has 7 heteroatoms. The van der Waals surface area contributed by atoms with Gasteiger partial charge in [0, 0.05) is 29.0 Å². The fourth-order valence-electron chi connectivity index (χ4n) is 4.64. The van der Waals surface area contributed by atoms with Crippen LogP contribution in [0.2, 0.25) is 0 Å². The Balaban J connectivity index is 1.36. The first-order chi connectivity index (χ1) is 16.3. The quantitative estimate of drug-likeness (QED) is 0.567. The van der Waals surface area contributed by atoms with Crippen LogP contribution in [0, 0.1) is 13.8 Å². The van der Waals surface area contributed by atoms with E-state index in [1.54, 1.807) is 24.3 Å². The maximum atomic E-state index is 12.8. The maximum absolute atomic E-state index is 12.8. The molecule has 1 aliphatic heterocycles. The van der Waals surface area contributed by atoms with E-state index in [-0.39, 0.29) is 30.5 Å². The highest BCUT2D eigenvalue weighted by Gasteiger charge is 2.29. The standard InChI is InChI=1S/C27H32N4O3/c1-18-15-21(4)31(29-18)24-10-6-9-23(16-24)28-27(33)22-11-13-25(14-12-22)34-17-26(32)30-19(2)7-5-8-20(30)3/h6,9-16,19-20H,5,7-8,17H2,1-4H3,(H,28,33). The number of carbonyl (C=O) groups excluding carboxylic acids is 2. The molecule has 0 aliphatic carbocycles. The van der Waals surface area contributed by atoms with Crippen LogP contribution in [-0.4, -0.2) is 45.2 Å². The van der Waals surface area contributed by atoms with Gasteiger partial charge in [-0.05, 0) is 95.5 Å². The van der Waals surface area contributed by atoms with E-state index in [2.05, 4.69) is 24.3 Å². The number of benzene rings is 2. The first-order valence-electron chi connectivity index (χ1n) is 11.8. The van der Waals surface area contributed by atoms with E-state index >= 15 is 0 Å². The Bertz CT molecular complexity index is 1160. The minimum absolute atomic E-state index is 0.000660. The molecule has 0 spiro atoms. The summed E-state index contributed by atoms with van der Waals surface area (Å²) < 4.78 is 7.57. The Kier molecular flexibility index (Phi) is 7.01. The summed E-state index contributed by atoms with van der Waals surface area (Å²) in [5, 5.41) is 7.43. The summed E-state index contributed by atoms with van der Waals surface area (Å²) in [4.78, 5) is 27.3. The van der Waals surface area contributed by atoms with Crippen LogP contribution in [0.5, 0.6) is 5.75 Å².